The van der Waals surface area contributed by atoms with Gasteiger partial charge in [-0.15, -0.1) is 0 Å². The van der Waals surface area contributed by atoms with Gasteiger partial charge < -0.3 is 15.4 Å². The van der Waals surface area contributed by atoms with Crippen molar-refractivity contribution in [2.75, 3.05) is 25.0 Å². The predicted octanol–water partition coefficient (Wildman–Crippen LogP) is 2.26. The number of nitrogens with one attached hydrogen (secondary N) is 2. The topological polar surface area (TPSA) is 111 Å². The summed E-state index contributed by atoms with van der Waals surface area (Å²) in [6.07, 6.45) is 0. The van der Waals surface area contributed by atoms with E-state index in [1.807, 2.05) is 0 Å². The molecule has 0 spiro atoms. The largest absolute Gasteiger partial charge is 0.452 e. The first-order valence-electron chi connectivity index (χ1n) is 7.74. The third kappa shape index (κ3) is 6.03. The summed E-state index contributed by atoms with van der Waals surface area (Å²) in [5.74, 6) is -3.59. The van der Waals surface area contributed by atoms with Crippen LogP contribution in [0.3, 0.4) is 0 Å². The Morgan fingerprint density at radius 2 is 1.78 bits per heavy atom. The van der Waals surface area contributed by atoms with Gasteiger partial charge >= 0.3 is 5.97 Å². The van der Waals surface area contributed by atoms with Gasteiger partial charge in [-0.05, 0) is 24.3 Å². The van der Waals surface area contributed by atoms with E-state index in [0.29, 0.717) is 18.3 Å². The molecule has 2 aromatic carbocycles. The van der Waals surface area contributed by atoms with E-state index in [1.165, 1.54) is 24.3 Å². The van der Waals surface area contributed by atoms with Crippen LogP contribution in [0.15, 0.2) is 42.5 Å². The number of hydrogen-bond acceptors (Lipinski definition) is 6. The maximum Gasteiger partial charge on any atom is 0.341 e. The molecule has 0 aliphatic rings. The summed E-state index contributed by atoms with van der Waals surface area (Å²) >= 11 is 0. The Balaban J connectivity index is 1.68. The Labute approximate surface area is 152 Å². The highest BCUT2D eigenvalue weighted by Crippen LogP contribution is 2.15. The van der Waals surface area contributed by atoms with Gasteiger partial charge in [-0.2, -0.15) is 0 Å². The minimum Gasteiger partial charge on any atom is -0.452 e. The molecule has 0 unspecified atom stereocenters. The first kappa shape index (κ1) is 19.8. The smallest absolute Gasteiger partial charge is 0.341 e. The normalized spacial score (nSPS) is 10.1. The van der Waals surface area contributed by atoms with Gasteiger partial charge in [0.2, 0.25) is 0 Å². The lowest BCUT2D eigenvalue weighted by Crippen LogP contribution is -2.32. The van der Waals surface area contributed by atoms with Crippen molar-refractivity contribution in [2.24, 2.45) is 0 Å². The number of carbonyl (C=O) groups excluding carboxylic acids is 2. The molecule has 10 heteroatoms. The number of ether oxygens (including phenoxy) is 1. The minimum atomic E-state index is -1.08. The molecule has 2 aromatic rings. The summed E-state index contributed by atoms with van der Waals surface area (Å²) in [5, 5.41) is 16.0. The molecule has 0 saturated carbocycles. The van der Waals surface area contributed by atoms with Crippen molar-refractivity contribution in [3.05, 3.63) is 69.8 Å². The molecular formula is C17H15F2N3O5. The van der Waals surface area contributed by atoms with Crippen LogP contribution in [-0.2, 0) is 9.53 Å². The van der Waals surface area contributed by atoms with Gasteiger partial charge in [0.25, 0.3) is 11.6 Å². The maximum atomic E-state index is 13.4. The van der Waals surface area contributed by atoms with Crippen LogP contribution in [0.1, 0.15) is 10.4 Å². The minimum absolute atomic E-state index is 0.0340. The van der Waals surface area contributed by atoms with Crippen LogP contribution >= 0.6 is 0 Å². The maximum absolute atomic E-state index is 13.4. The molecule has 27 heavy (non-hydrogen) atoms. The van der Waals surface area contributed by atoms with Gasteiger partial charge in [0.05, 0.1) is 10.5 Å². The summed E-state index contributed by atoms with van der Waals surface area (Å²) in [6.45, 7) is -0.102. The number of amides is 1. The second-order valence-electron chi connectivity index (χ2n) is 5.28. The Morgan fingerprint density at radius 3 is 2.41 bits per heavy atom. The van der Waals surface area contributed by atoms with Crippen LogP contribution in [0.5, 0.6) is 0 Å². The molecule has 0 aliphatic carbocycles. The van der Waals surface area contributed by atoms with E-state index >= 15 is 0 Å². The molecular weight excluding hydrogens is 364 g/mol. The number of benzene rings is 2. The quantitative estimate of drug-likeness (QED) is 0.315. The molecule has 0 aromatic heterocycles. The van der Waals surface area contributed by atoms with E-state index in [4.69, 9.17) is 0 Å². The number of rotatable bonds is 8. The molecule has 0 radical (unpaired) electrons. The molecule has 0 heterocycles. The van der Waals surface area contributed by atoms with Gasteiger partial charge in [0, 0.05) is 37.0 Å². The van der Waals surface area contributed by atoms with Crippen molar-refractivity contribution in [3.8, 4) is 0 Å². The van der Waals surface area contributed by atoms with Gasteiger partial charge in [-0.3, -0.25) is 14.9 Å². The number of anilines is 1. The lowest BCUT2D eigenvalue weighted by Gasteiger charge is -2.09. The van der Waals surface area contributed by atoms with Crippen LogP contribution < -0.4 is 10.6 Å². The molecule has 8 nitrogen and oxygen atoms in total. The van der Waals surface area contributed by atoms with Crippen LogP contribution in [-0.4, -0.2) is 36.5 Å². The fraction of sp³-hybridized carbons (Fsp3) is 0.176. The van der Waals surface area contributed by atoms with Crippen LogP contribution in [0.2, 0.25) is 0 Å². The average Bonchev–Trinajstić information content (AvgIpc) is 2.63. The van der Waals surface area contributed by atoms with E-state index in [1.54, 1.807) is 0 Å². The van der Waals surface area contributed by atoms with Crippen molar-refractivity contribution >= 4 is 23.3 Å². The van der Waals surface area contributed by atoms with Gasteiger partial charge in [-0.1, -0.05) is 0 Å². The Hall–Kier alpha value is -3.56. The molecule has 1 amide bonds. The summed E-state index contributed by atoms with van der Waals surface area (Å²) in [7, 11) is 0. The molecule has 0 atom stereocenters. The van der Waals surface area contributed by atoms with E-state index in [2.05, 4.69) is 15.4 Å². The molecule has 0 bridgehead atoms. The first-order valence-corrected chi connectivity index (χ1v) is 7.74. The standard InChI is InChI=1S/C17H15F2N3O5/c18-11-1-6-14(15(19)9-11)17(24)27-10-16(23)21-8-7-20-12-2-4-13(5-3-12)22(25)26/h1-6,9,20H,7-8,10H2,(H,21,23). The highest BCUT2D eigenvalue weighted by Gasteiger charge is 2.15. The van der Waals surface area contributed by atoms with Crippen molar-refractivity contribution in [3.63, 3.8) is 0 Å². The zero-order valence-electron chi connectivity index (χ0n) is 13.9. The van der Waals surface area contributed by atoms with E-state index in [9.17, 15) is 28.5 Å². The first-order chi connectivity index (χ1) is 12.9. The van der Waals surface area contributed by atoms with E-state index in [0.717, 1.165) is 12.1 Å². The summed E-state index contributed by atoms with van der Waals surface area (Å²) < 4.78 is 30.9. The molecule has 0 aliphatic heterocycles. The lowest BCUT2D eigenvalue weighted by atomic mass is 10.2. The monoisotopic (exact) mass is 379 g/mol. The summed E-state index contributed by atoms with van der Waals surface area (Å²) in [6, 6.07) is 8.12. The number of nitrogens with zero attached hydrogens (tertiary/aromatic N) is 1. The number of halogens is 2. The van der Waals surface area contributed by atoms with Crippen LogP contribution in [0.4, 0.5) is 20.2 Å². The Morgan fingerprint density at radius 1 is 1.07 bits per heavy atom. The van der Waals surface area contributed by atoms with Gasteiger partial charge in [-0.25, -0.2) is 13.6 Å². The fourth-order valence-electron chi connectivity index (χ4n) is 2.02. The number of hydrogen-bond donors (Lipinski definition) is 2. The highest BCUT2D eigenvalue weighted by atomic mass is 19.1. The molecule has 2 N–H and O–H groups in total. The van der Waals surface area contributed by atoms with Crippen LogP contribution in [0.25, 0.3) is 0 Å². The SMILES string of the molecule is O=C(COC(=O)c1ccc(F)cc1F)NCCNc1ccc([N+](=O)[O-])cc1. The predicted molar refractivity (Wildman–Crippen MR) is 91.2 cm³/mol. The number of nitro benzene ring substituents is 1. The third-order valence-corrected chi connectivity index (χ3v) is 3.34. The lowest BCUT2D eigenvalue weighted by molar-refractivity contribution is -0.384. The second-order valence-corrected chi connectivity index (χ2v) is 5.28. The zero-order valence-corrected chi connectivity index (χ0v) is 13.9. The van der Waals surface area contributed by atoms with Gasteiger partial charge in [0.1, 0.15) is 11.6 Å². The molecule has 0 fully saturated rings. The van der Waals surface area contributed by atoms with Gasteiger partial charge in [0.15, 0.2) is 6.61 Å². The average molecular weight is 379 g/mol. The Kier molecular flexibility index (Phi) is 6.75. The third-order valence-electron chi connectivity index (χ3n) is 3.34. The fourth-order valence-corrected chi connectivity index (χ4v) is 2.02. The number of nitro groups is 1. The van der Waals surface area contributed by atoms with E-state index < -0.39 is 40.6 Å². The summed E-state index contributed by atoms with van der Waals surface area (Å²) in [5.41, 5.74) is 0.130. The molecule has 0 saturated heterocycles. The van der Waals surface area contributed by atoms with E-state index in [-0.39, 0.29) is 12.2 Å². The van der Waals surface area contributed by atoms with Crippen molar-refractivity contribution in [2.45, 2.75) is 0 Å². The number of esters is 1. The highest BCUT2D eigenvalue weighted by molar-refractivity contribution is 5.91. The van der Waals surface area contributed by atoms with Crippen LogP contribution in [0, 0.1) is 21.7 Å². The number of carbonyl (C=O) groups is 2. The zero-order chi connectivity index (χ0) is 19.8. The van der Waals surface area contributed by atoms with Crippen molar-refractivity contribution in [1.29, 1.82) is 0 Å². The number of non-ortho nitro benzene ring substituents is 1. The van der Waals surface area contributed by atoms with Crippen molar-refractivity contribution < 1.29 is 28.0 Å². The second kappa shape index (κ2) is 9.22. The molecule has 142 valence electrons. The molecule has 2 rings (SSSR count). The summed E-state index contributed by atoms with van der Waals surface area (Å²) in [4.78, 5) is 33.3. The Bertz CT molecular complexity index is 843. The van der Waals surface area contributed by atoms with Crippen molar-refractivity contribution in [1.82, 2.24) is 5.32 Å².